The molecule has 1 aromatic carbocycles. The molecule has 1 heterocycles. The molecule has 3 N–H and O–H groups in total. The Kier molecular flexibility index (Phi) is 4.47. The third kappa shape index (κ3) is 3.64. The average Bonchev–Trinajstić information content (AvgIpc) is 2.83. The Hall–Kier alpha value is -2.21. The van der Waals surface area contributed by atoms with Crippen molar-refractivity contribution in [3.63, 3.8) is 0 Å². The number of hydrogen-bond acceptors (Lipinski definition) is 5. The standard InChI is InChI=1S/C14H18N4O2/c1-9(15)7-8-13(19)16-12-6-4-3-5-11(12)14-18-17-10(2)20-14/h3-6,9H,7-8,15H2,1-2H3,(H,16,19). The van der Waals surface area contributed by atoms with Crippen LogP contribution in [0.5, 0.6) is 0 Å². The van der Waals surface area contributed by atoms with Gasteiger partial charge in [0.25, 0.3) is 0 Å². The van der Waals surface area contributed by atoms with E-state index in [-0.39, 0.29) is 11.9 Å². The van der Waals surface area contributed by atoms with E-state index < -0.39 is 0 Å². The summed E-state index contributed by atoms with van der Waals surface area (Å²) in [6, 6.07) is 7.34. The maximum absolute atomic E-state index is 11.9. The number of carbonyl (C=O) groups is 1. The predicted molar refractivity (Wildman–Crippen MR) is 76.0 cm³/mol. The second kappa shape index (κ2) is 6.29. The lowest BCUT2D eigenvalue weighted by atomic mass is 10.1. The highest BCUT2D eigenvalue weighted by atomic mass is 16.4. The molecular weight excluding hydrogens is 256 g/mol. The minimum absolute atomic E-state index is 0.00887. The van der Waals surface area contributed by atoms with Gasteiger partial charge in [-0.25, -0.2) is 0 Å². The van der Waals surface area contributed by atoms with Crippen LogP contribution in [0.3, 0.4) is 0 Å². The number of aromatic nitrogens is 2. The van der Waals surface area contributed by atoms with Crippen molar-refractivity contribution in [1.82, 2.24) is 10.2 Å². The van der Waals surface area contributed by atoms with Gasteiger partial charge in [0, 0.05) is 19.4 Å². The van der Waals surface area contributed by atoms with E-state index in [1.54, 1.807) is 13.0 Å². The van der Waals surface area contributed by atoms with Gasteiger partial charge in [0.2, 0.25) is 17.7 Å². The first-order valence-corrected chi connectivity index (χ1v) is 6.51. The molecule has 6 nitrogen and oxygen atoms in total. The molecule has 0 radical (unpaired) electrons. The van der Waals surface area contributed by atoms with Gasteiger partial charge in [-0.05, 0) is 25.5 Å². The van der Waals surface area contributed by atoms with Gasteiger partial charge >= 0.3 is 0 Å². The molecule has 0 aliphatic rings. The van der Waals surface area contributed by atoms with Gasteiger partial charge in [-0.3, -0.25) is 4.79 Å². The van der Waals surface area contributed by atoms with Crippen molar-refractivity contribution in [3.05, 3.63) is 30.2 Å². The Labute approximate surface area is 117 Å². The summed E-state index contributed by atoms with van der Waals surface area (Å²) >= 11 is 0. The first-order valence-electron chi connectivity index (χ1n) is 6.51. The number of nitrogens with zero attached hydrogens (tertiary/aromatic N) is 2. The Morgan fingerprint density at radius 1 is 1.40 bits per heavy atom. The molecule has 0 bridgehead atoms. The number of nitrogens with two attached hydrogens (primary N) is 1. The number of anilines is 1. The smallest absolute Gasteiger partial charge is 0.249 e. The third-order valence-corrected chi connectivity index (χ3v) is 2.78. The van der Waals surface area contributed by atoms with Crippen molar-refractivity contribution in [2.24, 2.45) is 5.73 Å². The van der Waals surface area contributed by atoms with E-state index in [4.69, 9.17) is 10.2 Å². The lowest BCUT2D eigenvalue weighted by Gasteiger charge is -2.09. The fourth-order valence-corrected chi connectivity index (χ4v) is 1.76. The molecule has 1 aromatic heterocycles. The van der Waals surface area contributed by atoms with Gasteiger partial charge in [0.15, 0.2) is 0 Å². The predicted octanol–water partition coefficient (Wildman–Crippen LogP) is 2.11. The summed E-state index contributed by atoms with van der Waals surface area (Å²) < 4.78 is 5.40. The van der Waals surface area contributed by atoms with E-state index in [1.165, 1.54) is 0 Å². The zero-order valence-corrected chi connectivity index (χ0v) is 11.6. The van der Waals surface area contributed by atoms with Crippen LogP contribution >= 0.6 is 0 Å². The van der Waals surface area contributed by atoms with E-state index in [9.17, 15) is 4.79 Å². The summed E-state index contributed by atoms with van der Waals surface area (Å²) in [6.45, 7) is 3.60. The van der Waals surface area contributed by atoms with Crippen LogP contribution in [0.1, 0.15) is 25.7 Å². The fourth-order valence-electron chi connectivity index (χ4n) is 1.76. The fraction of sp³-hybridized carbons (Fsp3) is 0.357. The maximum Gasteiger partial charge on any atom is 0.249 e. The Balaban J connectivity index is 2.14. The van der Waals surface area contributed by atoms with Gasteiger partial charge < -0.3 is 15.5 Å². The Bertz CT molecular complexity index is 592. The van der Waals surface area contributed by atoms with Crippen LogP contribution in [0.25, 0.3) is 11.5 Å². The summed E-state index contributed by atoms with van der Waals surface area (Å²) in [7, 11) is 0. The molecule has 2 rings (SSSR count). The first kappa shape index (κ1) is 14.2. The van der Waals surface area contributed by atoms with Gasteiger partial charge in [0.1, 0.15) is 0 Å². The number of amides is 1. The average molecular weight is 274 g/mol. The summed E-state index contributed by atoms with van der Waals surface area (Å²) in [5.74, 6) is 0.801. The molecule has 1 unspecified atom stereocenters. The third-order valence-electron chi connectivity index (χ3n) is 2.78. The minimum atomic E-state index is -0.0778. The Morgan fingerprint density at radius 3 is 2.80 bits per heavy atom. The van der Waals surface area contributed by atoms with Gasteiger partial charge in [-0.1, -0.05) is 12.1 Å². The lowest BCUT2D eigenvalue weighted by Crippen LogP contribution is -2.19. The van der Waals surface area contributed by atoms with E-state index in [0.29, 0.717) is 35.9 Å². The number of aryl methyl sites for hydroxylation is 1. The van der Waals surface area contributed by atoms with Crippen LogP contribution in [0.2, 0.25) is 0 Å². The van der Waals surface area contributed by atoms with Gasteiger partial charge in [-0.2, -0.15) is 0 Å². The monoisotopic (exact) mass is 274 g/mol. The first-order chi connectivity index (χ1) is 9.56. The summed E-state index contributed by atoms with van der Waals surface area (Å²) in [6.07, 6.45) is 1.03. The van der Waals surface area contributed by atoms with Crippen molar-refractivity contribution in [3.8, 4) is 11.5 Å². The van der Waals surface area contributed by atoms with Crippen molar-refractivity contribution >= 4 is 11.6 Å². The molecule has 1 atom stereocenters. The van der Waals surface area contributed by atoms with Gasteiger partial charge in [0.05, 0.1) is 11.3 Å². The largest absolute Gasteiger partial charge is 0.421 e. The molecule has 1 amide bonds. The van der Waals surface area contributed by atoms with E-state index >= 15 is 0 Å². The van der Waals surface area contributed by atoms with Crippen LogP contribution in [0.4, 0.5) is 5.69 Å². The second-order valence-corrected chi connectivity index (χ2v) is 4.74. The number of para-hydroxylation sites is 1. The second-order valence-electron chi connectivity index (χ2n) is 4.74. The molecule has 0 spiro atoms. The van der Waals surface area contributed by atoms with E-state index in [1.807, 2.05) is 25.1 Å². The van der Waals surface area contributed by atoms with Gasteiger partial charge in [-0.15, -0.1) is 10.2 Å². The molecule has 2 aromatic rings. The highest BCUT2D eigenvalue weighted by molar-refractivity contribution is 5.94. The maximum atomic E-state index is 11.9. The molecule has 0 fully saturated rings. The van der Waals surface area contributed by atoms with Crippen molar-refractivity contribution in [2.45, 2.75) is 32.7 Å². The molecule has 0 aliphatic heterocycles. The minimum Gasteiger partial charge on any atom is -0.421 e. The van der Waals surface area contributed by atoms with Crippen LogP contribution in [0, 0.1) is 6.92 Å². The van der Waals surface area contributed by atoms with Crippen LogP contribution in [-0.4, -0.2) is 22.1 Å². The SMILES string of the molecule is Cc1nnc(-c2ccccc2NC(=O)CCC(C)N)o1. The van der Waals surface area contributed by atoms with Crippen molar-refractivity contribution in [1.29, 1.82) is 0 Å². The number of hydrogen-bond donors (Lipinski definition) is 2. The Morgan fingerprint density at radius 2 is 2.15 bits per heavy atom. The summed E-state index contributed by atoms with van der Waals surface area (Å²) in [4.78, 5) is 11.9. The highest BCUT2D eigenvalue weighted by Crippen LogP contribution is 2.26. The summed E-state index contributed by atoms with van der Waals surface area (Å²) in [5.41, 5.74) is 7.01. The molecule has 0 saturated carbocycles. The highest BCUT2D eigenvalue weighted by Gasteiger charge is 2.13. The molecule has 6 heteroatoms. The van der Waals surface area contributed by atoms with E-state index in [2.05, 4.69) is 15.5 Å². The number of nitrogens with one attached hydrogen (secondary N) is 1. The van der Waals surface area contributed by atoms with Crippen molar-refractivity contribution in [2.75, 3.05) is 5.32 Å². The van der Waals surface area contributed by atoms with E-state index in [0.717, 1.165) is 0 Å². The molecule has 106 valence electrons. The number of benzene rings is 1. The normalized spacial score (nSPS) is 12.2. The zero-order chi connectivity index (χ0) is 14.5. The van der Waals surface area contributed by atoms with Crippen LogP contribution in [-0.2, 0) is 4.79 Å². The number of carbonyl (C=O) groups excluding carboxylic acids is 1. The topological polar surface area (TPSA) is 94.0 Å². The lowest BCUT2D eigenvalue weighted by molar-refractivity contribution is -0.116. The summed E-state index contributed by atoms with van der Waals surface area (Å²) in [5, 5.41) is 10.6. The quantitative estimate of drug-likeness (QED) is 0.870. The van der Waals surface area contributed by atoms with Crippen LogP contribution in [0.15, 0.2) is 28.7 Å². The molecule has 0 aliphatic carbocycles. The molecule has 0 saturated heterocycles. The molecule has 20 heavy (non-hydrogen) atoms. The molecular formula is C14H18N4O2. The van der Waals surface area contributed by atoms with Crippen LogP contribution < -0.4 is 11.1 Å². The number of rotatable bonds is 5. The zero-order valence-electron chi connectivity index (χ0n) is 11.6. The van der Waals surface area contributed by atoms with Crippen molar-refractivity contribution < 1.29 is 9.21 Å².